The third-order valence-corrected chi connectivity index (χ3v) is 7.12. The van der Waals surface area contributed by atoms with Crippen LogP contribution in [-0.2, 0) is 16.0 Å². The molecule has 5 heteroatoms. The molecule has 2 bridgehead atoms. The number of carbonyl (C=O) groups is 1. The van der Waals surface area contributed by atoms with Crippen LogP contribution >= 0.6 is 0 Å². The quantitative estimate of drug-likeness (QED) is 0.860. The first kappa shape index (κ1) is 18.9. The molecule has 1 N–H and O–H groups in total. The van der Waals surface area contributed by atoms with Gasteiger partial charge in [-0.25, -0.2) is 0 Å². The van der Waals surface area contributed by atoms with Gasteiger partial charge in [-0.2, -0.15) is 0 Å². The molecular formula is C22H32N2O3. The Morgan fingerprint density at radius 2 is 1.93 bits per heavy atom. The van der Waals surface area contributed by atoms with Crippen LogP contribution in [0.25, 0.3) is 0 Å². The van der Waals surface area contributed by atoms with E-state index in [1.807, 2.05) is 6.07 Å². The van der Waals surface area contributed by atoms with Crippen LogP contribution in [0.2, 0.25) is 0 Å². The molecule has 4 rings (SSSR count). The largest absolute Gasteiger partial charge is 0.396 e. The Morgan fingerprint density at radius 3 is 2.59 bits per heavy atom. The van der Waals surface area contributed by atoms with E-state index in [0.717, 1.165) is 38.8 Å². The highest BCUT2D eigenvalue weighted by Crippen LogP contribution is 2.52. The first-order valence-electron chi connectivity index (χ1n) is 10.3. The van der Waals surface area contributed by atoms with Crippen molar-refractivity contribution in [3.8, 4) is 0 Å². The molecule has 148 valence electrons. The topological polar surface area (TPSA) is 53.0 Å². The van der Waals surface area contributed by atoms with Gasteiger partial charge in [-0.05, 0) is 45.1 Å². The van der Waals surface area contributed by atoms with Gasteiger partial charge in [0.2, 0.25) is 5.91 Å². The molecule has 1 aromatic carbocycles. The Bertz CT molecular complexity index is 671. The molecule has 1 aromatic rings. The van der Waals surface area contributed by atoms with Crippen LogP contribution < -0.4 is 0 Å². The van der Waals surface area contributed by atoms with E-state index in [1.54, 1.807) is 0 Å². The van der Waals surface area contributed by atoms with Crippen molar-refractivity contribution < 1.29 is 14.6 Å². The SMILES string of the molecule is CC(C)(C(=O)N1[C@H]2CC[C@@H]1[C@@](CO)(Cc1ccccc1)C2)N1CCOCC1. The molecule has 1 amide bonds. The maximum absolute atomic E-state index is 13.6. The number of hydrogen-bond acceptors (Lipinski definition) is 4. The van der Waals surface area contributed by atoms with Crippen LogP contribution in [0.15, 0.2) is 30.3 Å². The van der Waals surface area contributed by atoms with Gasteiger partial charge < -0.3 is 14.7 Å². The van der Waals surface area contributed by atoms with Crippen LogP contribution in [-0.4, -0.2) is 71.3 Å². The van der Waals surface area contributed by atoms with E-state index >= 15 is 0 Å². The van der Waals surface area contributed by atoms with Gasteiger partial charge in [0.15, 0.2) is 0 Å². The minimum atomic E-state index is -0.525. The third kappa shape index (κ3) is 3.20. The normalized spacial score (nSPS) is 31.4. The van der Waals surface area contributed by atoms with Crippen molar-refractivity contribution in [2.75, 3.05) is 32.9 Å². The van der Waals surface area contributed by atoms with Crippen molar-refractivity contribution in [3.63, 3.8) is 0 Å². The van der Waals surface area contributed by atoms with Crippen LogP contribution in [0.4, 0.5) is 0 Å². The van der Waals surface area contributed by atoms with Crippen LogP contribution in [0.5, 0.6) is 0 Å². The third-order valence-electron chi connectivity index (χ3n) is 7.12. The summed E-state index contributed by atoms with van der Waals surface area (Å²) in [5, 5.41) is 10.4. The minimum Gasteiger partial charge on any atom is -0.396 e. The zero-order valence-electron chi connectivity index (χ0n) is 16.6. The highest BCUT2D eigenvalue weighted by molar-refractivity contribution is 5.87. The van der Waals surface area contributed by atoms with Gasteiger partial charge in [0.1, 0.15) is 0 Å². The first-order chi connectivity index (χ1) is 13.0. The molecule has 5 nitrogen and oxygen atoms in total. The Labute approximate surface area is 162 Å². The van der Waals surface area contributed by atoms with E-state index in [9.17, 15) is 9.90 Å². The lowest BCUT2D eigenvalue weighted by Crippen LogP contribution is -2.60. The van der Waals surface area contributed by atoms with Crippen molar-refractivity contribution in [1.82, 2.24) is 9.80 Å². The molecule has 3 saturated heterocycles. The highest BCUT2D eigenvalue weighted by Gasteiger charge is 2.59. The number of amides is 1. The van der Waals surface area contributed by atoms with E-state index in [-0.39, 0.29) is 30.0 Å². The summed E-state index contributed by atoms with van der Waals surface area (Å²) in [6, 6.07) is 10.8. The number of rotatable bonds is 5. The second kappa shape index (κ2) is 7.19. The number of morpholine rings is 1. The summed E-state index contributed by atoms with van der Waals surface area (Å²) in [6.07, 6.45) is 3.82. The Hall–Kier alpha value is -1.43. The van der Waals surface area contributed by atoms with Gasteiger partial charge in [-0.1, -0.05) is 30.3 Å². The molecule has 3 aliphatic rings. The lowest BCUT2D eigenvalue weighted by atomic mass is 9.70. The number of hydrogen-bond donors (Lipinski definition) is 1. The van der Waals surface area contributed by atoms with Crippen molar-refractivity contribution in [1.29, 1.82) is 0 Å². The molecule has 3 fully saturated rings. The van der Waals surface area contributed by atoms with E-state index in [1.165, 1.54) is 5.56 Å². The molecule has 0 radical (unpaired) electrons. The fraction of sp³-hybridized carbons (Fsp3) is 0.682. The smallest absolute Gasteiger partial charge is 0.243 e. The molecular weight excluding hydrogens is 340 g/mol. The van der Waals surface area contributed by atoms with E-state index in [2.05, 4.69) is 47.9 Å². The van der Waals surface area contributed by atoms with Crippen molar-refractivity contribution in [2.24, 2.45) is 5.41 Å². The molecule has 27 heavy (non-hydrogen) atoms. The number of aliphatic hydroxyl groups is 1. The minimum absolute atomic E-state index is 0.139. The monoisotopic (exact) mass is 372 g/mol. The lowest BCUT2D eigenvalue weighted by molar-refractivity contribution is -0.147. The predicted molar refractivity (Wildman–Crippen MR) is 104 cm³/mol. The van der Waals surface area contributed by atoms with Crippen molar-refractivity contribution >= 4 is 5.91 Å². The number of benzene rings is 1. The molecule has 3 heterocycles. The van der Waals surface area contributed by atoms with Gasteiger partial charge in [0.05, 0.1) is 25.4 Å². The van der Waals surface area contributed by atoms with E-state index in [0.29, 0.717) is 13.2 Å². The Balaban J connectivity index is 1.56. The maximum atomic E-state index is 13.6. The Morgan fingerprint density at radius 1 is 1.22 bits per heavy atom. The first-order valence-corrected chi connectivity index (χ1v) is 10.3. The van der Waals surface area contributed by atoms with Gasteiger partial charge in [0, 0.05) is 30.6 Å². The molecule has 0 spiro atoms. The van der Waals surface area contributed by atoms with Gasteiger partial charge in [-0.3, -0.25) is 9.69 Å². The average Bonchev–Trinajstić information content (AvgIpc) is 3.24. The molecule has 0 unspecified atom stereocenters. The highest BCUT2D eigenvalue weighted by atomic mass is 16.5. The zero-order valence-corrected chi connectivity index (χ0v) is 16.6. The maximum Gasteiger partial charge on any atom is 0.243 e. The summed E-state index contributed by atoms with van der Waals surface area (Å²) in [4.78, 5) is 18.1. The second-order valence-electron chi connectivity index (χ2n) is 9.00. The summed E-state index contributed by atoms with van der Waals surface area (Å²) in [6.45, 7) is 7.24. The number of ether oxygens (including phenoxy) is 1. The van der Waals surface area contributed by atoms with Crippen LogP contribution in [0.1, 0.15) is 38.7 Å². The lowest BCUT2D eigenvalue weighted by Gasteiger charge is -2.43. The summed E-state index contributed by atoms with van der Waals surface area (Å²) >= 11 is 0. The number of fused-ring (bicyclic) bond motifs is 2. The molecule has 3 aliphatic heterocycles. The number of carbonyl (C=O) groups excluding carboxylic acids is 1. The summed E-state index contributed by atoms with van der Waals surface area (Å²) in [7, 11) is 0. The number of aliphatic hydroxyl groups excluding tert-OH is 1. The second-order valence-corrected chi connectivity index (χ2v) is 9.00. The standard InChI is InChI=1S/C22H32N2O3/c1-21(2,23-10-12-27-13-11-23)20(26)24-18-8-9-19(24)22(15-18,16-25)14-17-6-4-3-5-7-17/h3-7,18-19,25H,8-16H2,1-2H3/t18-,19+,22-/m0/s1. The average molecular weight is 373 g/mol. The van der Waals surface area contributed by atoms with Crippen molar-refractivity contribution in [3.05, 3.63) is 35.9 Å². The van der Waals surface area contributed by atoms with Crippen molar-refractivity contribution in [2.45, 2.75) is 57.2 Å². The van der Waals surface area contributed by atoms with Crippen LogP contribution in [0.3, 0.4) is 0 Å². The van der Waals surface area contributed by atoms with E-state index in [4.69, 9.17) is 4.74 Å². The molecule has 0 aliphatic carbocycles. The van der Waals surface area contributed by atoms with Gasteiger partial charge in [-0.15, -0.1) is 0 Å². The molecule has 3 atom stereocenters. The number of nitrogens with zero attached hydrogens (tertiary/aromatic N) is 2. The molecule has 0 saturated carbocycles. The van der Waals surface area contributed by atoms with Gasteiger partial charge in [0.25, 0.3) is 0 Å². The predicted octanol–water partition coefficient (Wildman–Crippen LogP) is 2.08. The molecule has 0 aromatic heterocycles. The zero-order chi connectivity index (χ0) is 19.1. The van der Waals surface area contributed by atoms with Crippen LogP contribution in [0, 0.1) is 5.41 Å². The Kier molecular flexibility index (Phi) is 5.04. The summed E-state index contributed by atoms with van der Waals surface area (Å²) in [5.74, 6) is 0.222. The van der Waals surface area contributed by atoms with E-state index < -0.39 is 5.54 Å². The summed E-state index contributed by atoms with van der Waals surface area (Å²) in [5.41, 5.74) is 0.517. The fourth-order valence-electron chi connectivity index (χ4n) is 5.59. The van der Waals surface area contributed by atoms with Gasteiger partial charge >= 0.3 is 0 Å². The fourth-order valence-corrected chi connectivity index (χ4v) is 5.59. The summed E-state index contributed by atoms with van der Waals surface area (Å²) < 4.78 is 5.47.